The Labute approximate surface area is 60.3 Å². The van der Waals surface area contributed by atoms with Crippen molar-refractivity contribution in [3.8, 4) is 0 Å². The number of aliphatic carboxylic acids is 1. The third-order valence-corrected chi connectivity index (χ3v) is 1.03. The summed E-state index contributed by atoms with van der Waals surface area (Å²) >= 11 is 0. The number of rotatable bonds is 5. The second kappa shape index (κ2) is 4.99. The minimum Gasteiger partial charge on any atom is -0.480 e. The molecular formula is C7H12O3. The Hall–Kier alpha value is -0.830. The summed E-state index contributed by atoms with van der Waals surface area (Å²) < 4.78 is 4.75. The van der Waals surface area contributed by atoms with Crippen molar-refractivity contribution in [2.24, 2.45) is 0 Å². The summed E-state index contributed by atoms with van der Waals surface area (Å²) in [5, 5.41) is 8.14. The molecule has 0 aromatic carbocycles. The van der Waals surface area contributed by atoms with Gasteiger partial charge in [0.05, 0.1) is 6.61 Å². The normalized spacial score (nSPS) is 9.30. The lowest BCUT2D eigenvalue weighted by Crippen LogP contribution is -2.08. The van der Waals surface area contributed by atoms with Crippen LogP contribution in [0.15, 0.2) is 12.2 Å². The van der Waals surface area contributed by atoms with Gasteiger partial charge >= 0.3 is 5.97 Å². The number of ether oxygens (including phenoxy) is 1. The van der Waals surface area contributed by atoms with Crippen LogP contribution in [-0.4, -0.2) is 24.3 Å². The Morgan fingerprint density at radius 2 is 2.20 bits per heavy atom. The fourth-order valence-electron chi connectivity index (χ4n) is 0.385. The van der Waals surface area contributed by atoms with Crippen LogP contribution in [-0.2, 0) is 9.53 Å². The van der Waals surface area contributed by atoms with Crippen LogP contribution in [0.5, 0.6) is 0 Å². The molecule has 0 radical (unpaired) electrons. The predicted octanol–water partition coefficient (Wildman–Crippen LogP) is 1.05. The maximum Gasteiger partial charge on any atom is 0.329 e. The summed E-state index contributed by atoms with van der Waals surface area (Å²) in [6, 6.07) is 0. The van der Waals surface area contributed by atoms with Gasteiger partial charge in [0.25, 0.3) is 0 Å². The molecule has 0 aromatic rings. The van der Waals surface area contributed by atoms with E-state index >= 15 is 0 Å². The lowest BCUT2D eigenvalue weighted by Gasteiger charge is -2.00. The average molecular weight is 144 g/mol. The Morgan fingerprint density at radius 3 is 2.60 bits per heavy atom. The molecule has 0 aliphatic carbocycles. The summed E-state index contributed by atoms with van der Waals surface area (Å²) in [5.74, 6) is -0.941. The Bertz CT molecular complexity index is 129. The van der Waals surface area contributed by atoms with E-state index in [2.05, 4.69) is 6.58 Å². The van der Waals surface area contributed by atoms with E-state index in [0.29, 0.717) is 6.61 Å². The molecule has 0 atom stereocenters. The molecule has 0 heterocycles. The van der Waals surface area contributed by atoms with Crippen molar-refractivity contribution in [1.29, 1.82) is 0 Å². The van der Waals surface area contributed by atoms with E-state index < -0.39 is 5.97 Å². The van der Waals surface area contributed by atoms with E-state index in [-0.39, 0.29) is 6.61 Å². The number of carboxylic acid groups (broad SMARTS) is 1. The Morgan fingerprint density at radius 1 is 1.60 bits per heavy atom. The third-order valence-electron chi connectivity index (χ3n) is 1.03. The van der Waals surface area contributed by atoms with E-state index in [1.54, 1.807) is 0 Å². The topological polar surface area (TPSA) is 46.5 Å². The molecule has 0 aliphatic heterocycles. The lowest BCUT2D eigenvalue weighted by molar-refractivity contribution is -0.141. The maximum absolute atomic E-state index is 9.91. The van der Waals surface area contributed by atoms with Crippen molar-refractivity contribution < 1.29 is 14.6 Å². The van der Waals surface area contributed by atoms with E-state index in [1.807, 2.05) is 6.92 Å². The van der Waals surface area contributed by atoms with E-state index in [9.17, 15) is 4.79 Å². The van der Waals surface area contributed by atoms with Gasteiger partial charge in [0.2, 0.25) is 0 Å². The van der Waals surface area contributed by atoms with Crippen molar-refractivity contribution in [3.05, 3.63) is 12.2 Å². The predicted molar refractivity (Wildman–Crippen MR) is 37.9 cm³/mol. The first-order chi connectivity index (χ1) is 4.66. The summed E-state index contributed by atoms with van der Waals surface area (Å²) in [6.07, 6.45) is 0.833. The van der Waals surface area contributed by atoms with Gasteiger partial charge in [0.1, 0.15) is 6.61 Å². The Kier molecular flexibility index (Phi) is 4.58. The molecule has 0 bridgehead atoms. The highest BCUT2D eigenvalue weighted by atomic mass is 16.5. The van der Waals surface area contributed by atoms with Gasteiger partial charge in [-0.2, -0.15) is 0 Å². The van der Waals surface area contributed by atoms with Gasteiger partial charge in [-0.1, -0.05) is 19.1 Å². The van der Waals surface area contributed by atoms with Gasteiger partial charge in [-0.3, -0.25) is 0 Å². The van der Waals surface area contributed by atoms with Crippen LogP contribution in [0.3, 0.4) is 0 Å². The second-order valence-electron chi connectivity index (χ2n) is 1.99. The van der Waals surface area contributed by atoms with Crippen LogP contribution in [0.2, 0.25) is 0 Å². The number of carbonyl (C=O) groups is 1. The minimum absolute atomic E-state index is 0.237. The van der Waals surface area contributed by atoms with Crippen molar-refractivity contribution in [2.45, 2.75) is 13.3 Å². The smallest absolute Gasteiger partial charge is 0.329 e. The van der Waals surface area contributed by atoms with Crippen molar-refractivity contribution in [1.82, 2.24) is 0 Å². The minimum atomic E-state index is -0.941. The SMILES string of the molecule is C=C(CC)COCC(=O)O. The van der Waals surface area contributed by atoms with Gasteiger partial charge in [0.15, 0.2) is 0 Å². The molecule has 0 aromatic heterocycles. The molecule has 10 heavy (non-hydrogen) atoms. The Balaban J connectivity index is 3.20. The summed E-state index contributed by atoms with van der Waals surface area (Å²) in [4.78, 5) is 9.91. The molecule has 1 N–H and O–H groups in total. The molecule has 3 nitrogen and oxygen atoms in total. The van der Waals surface area contributed by atoms with Gasteiger partial charge in [-0.05, 0) is 6.42 Å². The first kappa shape index (κ1) is 9.17. The van der Waals surface area contributed by atoms with Gasteiger partial charge < -0.3 is 9.84 Å². The van der Waals surface area contributed by atoms with Crippen LogP contribution < -0.4 is 0 Å². The molecule has 3 heteroatoms. The molecule has 0 amide bonds. The molecule has 58 valence electrons. The number of hydrogen-bond donors (Lipinski definition) is 1. The second-order valence-corrected chi connectivity index (χ2v) is 1.99. The van der Waals surface area contributed by atoms with Gasteiger partial charge in [-0.15, -0.1) is 0 Å². The highest BCUT2D eigenvalue weighted by Gasteiger charge is 1.95. The first-order valence-electron chi connectivity index (χ1n) is 3.13. The summed E-state index contributed by atoms with van der Waals surface area (Å²) in [5.41, 5.74) is 0.918. The van der Waals surface area contributed by atoms with Gasteiger partial charge in [-0.25, -0.2) is 4.79 Å². The zero-order chi connectivity index (χ0) is 7.98. The summed E-state index contributed by atoms with van der Waals surface area (Å²) in [7, 11) is 0. The molecule has 0 spiro atoms. The molecular weight excluding hydrogens is 132 g/mol. The van der Waals surface area contributed by atoms with E-state index in [0.717, 1.165) is 12.0 Å². The largest absolute Gasteiger partial charge is 0.480 e. The highest BCUT2D eigenvalue weighted by molar-refractivity contribution is 5.68. The quantitative estimate of drug-likeness (QED) is 0.587. The van der Waals surface area contributed by atoms with Crippen LogP contribution in [0.1, 0.15) is 13.3 Å². The number of hydrogen-bond acceptors (Lipinski definition) is 2. The van der Waals surface area contributed by atoms with Gasteiger partial charge in [0, 0.05) is 0 Å². The van der Waals surface area contributed by atoms with Crippen molar-refractivity contribution >= 4 is 5.97 Å². The molecule has 0 unspecified atom stereocenters. The van der Waals surface area contributed by atoms with Crippen molar-refractivity contribution in [3.63, 3.8) is 0 Å². The number of carboxylic acids is 1. The highest BCUT2D eigenvalue weighted by Crippen LogP contribution is 1.95. The average Bonchev–Trinajstić information content (AvgIpc) is 1.87. The zero-order valence-electron chi connectivity index (χ0n) is 6.09. The first-order valence-corrected chi connectivity index (χ1v) is 3.13. The lowest BCUT2D eigenvalue weighted by atomic mass is 10.2. The summed E-state index contributed by atoms with van der Waals surface area (Å²) in [6.45, 7) is 5.72. The molecule has 0 rings (SSSR count). The fraction of sp³-hybridized carbons (Fsp3) is 0.571. The van der Waals surface area contributed by atoms with E-state index in [1.165, 1.54) is 0 Å². The molecule has 0 fully saturated rings. The zero-order valence-corrected chi connectivity index (χ0v) is 6.09. The maximum atomic E-state index is 9.91. The molecule has 0 aliphatic rings. The van der Waals surface area contributed by atoms with Crippen LogP contribution >= 0.6 is 0 Å². The van der Waals surface area contributed by atoms with Crippen molar-refractivity contribution in [2.75, 3.05) is 13.2 Å². The fourth-order valence-corrected chi connectivity index (χ4v) is 0.385. The van der Waals surface area contributed by atoms with Crippen LogP contribution in [0.25, 0.3) is 0 Å². The standard InChI is InChI=1S/C7H12O3/c1-3-6(2)4-10-5-7(8)9/h2-5H2,1H3,(H,8,9). The van der Waals surface area contributed by atoms with Crippen LogP contribution in [0.4, 0.5) is 0 Å². The van der Waals surface area contributed by atoms with Crippen LogP contribution in [0, 0.1) is 0 Å². The molecule has 0 saturated heterocycles. The monoisotopic (exact) mass is 144 g/mol. The third kappa shape index (κ3) is 5.31. The molecule has 0 saturated carbocycles. The van der Waals surface area contributed by atoms with E-state index in [4.69, 9.17) is 9.84 Å².